The number of amides is 1. The van der Waals surface area contributed by atoms with Gasteiger partial charge < -0.3 is 10.1 Å². The smallest absolute Gasteiger partial charge is 0.416 e. The zero-order valence-electron chi connectivity index (χ0n) is 17.5. The fourth-order valence-electron chi connectivity index (χ4n) is 2.85. The highest BCUT2D eigenvalue weighted by Gasteiger charge is 2.31. The highest BCUT2D eigenvalue weighted by molar-refractivity contribution is 7.89. The minimum absolute atomic E-state index is 0.00733. The van der Waals surface area contributed by atoms with Gasteiger partial charge in [0.25, 0.3) is 5.91 Å². The lowest BCUT2D eigenvalue weighted by molar-refractivity contribution is -0.137. The van der Waals surface area contributed by atoms with E-state index < -0.39 is 27.7 Å². The summed E-state index contributed by atoms with van der Waals surface area (Å²) in [5, 5.41) is 2.41. The van der Waals surface area contributed by atoms with Crippen LogP contribution in [0.3, 0.4) is 0 Å². The fourth-order valence-corrected chi connectivity index (χ4v) is 4.35. The summed E-state index contributed by atoms with van der Waals surface area (Å²) in [6, 6.07) is 8.17. The highest BCUT2D eigenvalue weighted by Crippen LogP contribution is 2.35. The molecule has 0 saturated carbocycles. The van der Waals surface area contributed by atoms with Crippen molar-refractivity contribution in [2.24, 2.45) is 0 Å². The molecular weight excluding hydrogens is 433 g/mol. The van der Waals surface area contributed by atoms with Crippen LogP contribution in [0.15, 0.2) is 47.4 Å². The summed E-state index contributed by atoms with van der Waals surface area (Å²) in [5.74, 6) is -0.660. The predicted octanol–water partition coefficient (Wildman–Crippen LogP) is 4.78. The molecule has 1 N–H and O–H groups in total. The molecule has 0 spiro atoms. The molecule has 2 rings (SSSR count). The van der Waals surface area contributed by atoms with Crippen LogP contribution in [0.4, 0.5) is 18.9 Å². The number of hydrogen-bond donors (Lipinski definition) is 1. The van der Waals surface area contributed by atoms with Gasteiger partial charge in [-0.3, -0.25) is 4.79 Å². The first kappa shape index (κ1) is 24.7. The molecule has 2 aromatic rings. The summed E-state index contributed by atoms with van der Waals surface area (Å²) < 4.78 is 71.4. The van der Waals surface area contributed by atoms with E-state index in [-0.39, 0.29) is 41.6 Å². The SMILES string of the molecule is CCCOc1ccc(C(F)(F)F)cc1NC(=O)c1cccc(S(=O)(=O)N(CC)CC)c1. The van der Waals surface area contributed by atoms with Gasteiger partial charge in [-0.25, -0.2) is 8.42 Å². The number of ether oxygens (including phenoxy) is 1. The van der Waals surface area contributed by atoms with Gasteiger partial charge in [-0.2, -0.15) is 17.5 Å². The molecule has 0 aliphatic carbocycles. The summed E-state index contributed by atoms with van der Waals surface area (Å²) in [4.78, 5) is 12.7. The van der Waals surface area contributed by atoms with Gasteiger partial charge in [0.1, 0.15) is 5.75 Å². The van der Waals surface area contributed by atoms with Gasteiger partial charge in [0, 0.05) is 18.7 Å². The van der Waals surface area contributed by atoms with Crippen molar-refractivity contribution < 1.29 is 31.1 Å². The Kier molecular flexibility index (Phi) is 8.08. The van der Waals surface area contributed by atoms with Gasteiger partial charge in [0.2, 0.25) is 10.0 Å². The Labute approximate surface area is 180 Å². The second kappa shape index (κ2) is 10.1. The van der Waals surface area contributed by atoms with Crippen molar-refractivity contribution >= 4 is 21.6 Å². The van der Waals surface area contributed by atoms with Crippen molar-refractivity contribution in [1.82, 2.24) is 4.31 Å². The molecule has 0 atom stereocenters. The predicted molar refractivity (Wildman–Crippen MR) is 112 cm³/mol. The third-order valence-corrected chi connectivity index (χ3v) is 6.50. The average molecular weight is 459 g/mol. The topological polar surface area (TPSA) is 75.7 Å². The fraction of sp³-hybridized carbons (Fsp3) is 0.381. The second-order valence-electron chi connectivity index (χ2n) is 6.63. The number of halogens is 3. The number of nitrogens with one attached hydrogen (secondary N) is 1. The number of carbonyl (C=O) groups excluding carboxylic acids is 1. The number of sulfonamides is 1. The van der Waals surface area contributed by atoms with Crippen LogP contribution in [0.25, 0.3) is 0 Å². The van der Waals surface area contributed by atoms with Crippen molar-refractivity contribution in [3.63, 3.8) is 0 Å². The molecule has 0 aliphatic rings. The molecule has 0 saturated heterocycles. The zero-order valence-corrected chi connectivity index (χ0v) is 18.3. The van der Waals surface area contributed by atoms with E-state index in [9.17, 15) is 26.4 Å². The van der Waals surface area contributed by atoms with Gasteiger partial charge in [-0.05, 0) is 42.8 Å². The lowest BCUT2D eigenvalue weighted by Crippen LogP contribution is -2.30. The summed E-state index contributed by atoms with van der Waals surface area (Å²) in [5.41, 5.74) is -1.10. The zero-order chi connectivity index (χ0) is 23.2. The maximum Gasteiger partial charge on any atom is 0.416 e. The van der Waals surface area contributed by atoms with E-state index in [0.717, 1.165) is 18.2 Å². The maximum atomic E-state index is 13.1. The van der Waals surface area contributed by atoms with Gasteiger partial charge in [0.15, 0.2) is 0 Å². The third kappa shape index (κ3) is 5.98. The third-order valence-electron chi connectivity index (χ3n) is 4.46. The Morgan fingerprint density at radius 3 is 2.32 bits per heavy atom. The maximum absolute atomic E-state index is 13.1. The Balaban J connectivity index is 2.39. The molecular formula is C21H25F3N2O4S. The Morgan fingerprint density at radius 2 is 1.74 bits per heavy atom. The molecule has 6 nitrogen and oxygen atoms in total. The molecule has 0 aromatic heterocycles. The quantitative estimate of drug-likeness (QED) is 0.587. The van der Waals surface area contributed by atoms with Crippen LogP contribution in [0.2, 0.25) is 0 Å². The van der Waals surface area contributed by atoms with Gasteiger partial charge >= 0.3 is 6.18 Å². The van der Waals surface area contributed by atoms with Crippen molar-refractivity contribution in [3.8, 4) is 5.75 Å². The van der Waals surface area contributed by atoms with E-state index >= 15 is 0 Å². The van der Waals surface area contributed by atoms with Crippen molar-refractivity contribution in [2.45, 2.75) is 38.3 Å². The van der Waals surface area contributed by atoms with E-state index in [0.29, 0.717) is 6.42 Å². The minimum atomic E-state index is -4.60. The van der Waals surface area contributed by atoms with Crippen LogP contribution >= 0.6 is 0 Å². The van der Waals surface area contributed by atoms with Gasteiger partial charge in [0.05, 0.1) is 22.8 Å². The average Bonchev–Trinajstić information content (AvgIpc) is 2.72. The molecule has 31 heavy (non-hydrogen) atoms. The van der Waals surface area contributed by atoms with Crippen LogP contribution in [0, 0.1) is 0 Å². The first-order valence-corrected chi connectivity index (χ1v) is 11.2. The summed E-state index contributed by atoms with van der Waals surface area (Å²) in [7, 11) is -3.80. The summed E-state index contributed by atoms with van der Waals surface area (Å²) in [6.07, 6.45) is -3.97. The first-order valence-electron chi connectivity index (χ1n) is 9.80. The molecule has 170 valence electrons. The Hall–Kier alpha value is -2.59. The van der Waals surface area contributed by atoms with E-state index in [4.69, 9.17) is 4.74 Å². The van der Waals surface area contributed by atoms with Gasteiger partial charge in [-0.15, -0.1) is 0 Å². The van der Waals surface area contributed by atoms with Crippen LogP contribution in [-0.2, 0) is 16.2 Å². The minimum Gasteiger partial charge on any atom is -0.491 e. The van der Waals surface area contributed by atoms with Gasteiger partial charge in [-0.1, -0.05) is 26.8 Å². The molecule has 0 aliphatic heterocycles. The summed E-state index contributed by atoms with van der Waals surface area (Å²) in [6.45, 7) is 6.01. The number of carbonyl (C=O) groups is 1. The lowest BCUT2D eigenvalue weighted by Gasteiger charge is -2.19. The number of rotatable bonds is 9. The van der Waals surface area contributed by atoms with E-state index in [1.54, 1.807) is 13.8 Å². The van der Waals surface area contributed by atoms with Crippen molar-refractivity contribution in [3.05, 3.63) is 53.6 Å². The van der Waals surface area contributed by atoms with Crippen LogP contribution in [-0.4, -0.2) is 38.3 Å². The van der Waals surface area contributed by atoms with E-state index in [1.165, 1.54) is 28.6 Å². The Morgan fingerprint density at radius 1 is 1.06 bits per heavy atom. The number of nitrogens with zero attached hydrogens (tertiary/aromatic N) is 1. The first-order chi connectivity index (χ1) is 14.5. The molecule has 1 amide bonds. The number of alkyl halides is 3. The highest BCUT2D eigenvalue weighted by atomic mass is 32.2. The molecule has 10 heteroatoms. The normalized spacial score (nSPS) is 12.1. The molecule has 2 aromatic carbocycles. The molecule has 0 heterocycles. The molecule has 0 bridgehead atoms. The van der Waals surface area contributed by atoms with Crippen molar-refractivity contribution in [2.75, 3.05) is 25.0 Å². The second-order valence-corrected chi connectivity index (χ2v) is 8.57. The molecule has 0 unspecified atom stereocenters. The monoisotopic (exact) mass is 458 g/mol. The molecule has 0 radical (unpaired) electrons. The van der Waals surface area contributed by atoms with Crippen LogP contribution in [0.1, 0.15) is 43.1 Å². The van der Waals surface area contributed by atoms with Crippen LogP contribution < -0.4 is 10.1 Å². The lowest BCUT2D eigenvalue weighted by atomic mass is 10.1. The Bertz CT molecular complexity index is 1020. The van der Waals surface area contributed by atoms with E-state index in [2.05, 4.69) is 5.32 Å². The summed E-state index contributed by atoms with van der Waals surface area (Å²) >= 11 is 0. The largest absolute Gasteiger partial charge is 0.491 e. The van der Waals surface area contributed by atoms with Crippen molar-refractivity contribution in [1.29, 1.82) is 0 Å². The number of anilines is 1. The van der Waals surface area contributed by atoms with Crippen LogP contribution in [0.5, 0.6) is 5.75 Å². The number of benzene rings is 2. The van der Waals surface area contributed by atoms with E-state index in [1.807, 2.05) is 6.92 Å². The standard InChI is InChI=1S/C21H25F3N2O4S/c1-4-12-30-19-11-10-16(21(22,23)24)14-18(19)25-20(27)15-8-7-9-17(13-15)31(28,29)26(5-2)6-3/h7-11,13-14H,4-6,12H2,1-3H3,(H,25,27). The number of hydrogen-bond acceptors (Lipinski definition) is 4. The molecule has 0 fully saturated rings.